The lowest BCUT2D eigenvalue weighted by Crippen LogP contribution is -2.07. The summed E-state index contributed by atoms with van der Waals surface area (Å²) in [5.74, 6) is 0. The van der Waals surface area contributed by atoms with Crippen molar-refractivity contribution < 1.29 is 9.05 Å². The van der Waals surface area contributed by atoms with Crippen LogP contribution in [0.3, 0.4) is 0 Å². The van der Waals surface area contributed by atoms with E-state index in [4.69, 9.17) is 9.05 Å². The van der Waals surface area contributed by atoms with Crippen molar-refractivity contribution >= 4 is 21.0 Å². The van der Waals surface area contributed by atoms with Crippen molar-refractivity contribution in [3.8, 4) is 0 Å². The molecule has 19 heavy (non-hydrogen) atoms. The topological polar surface area (TPSA) is 18.5 Å². The second-order valence-electron chi connectivity index (χ2n) is 4.90. The number of thiol groups is 1. The molecule has 0 fully saturated rings. The Bertz CT molecular complexity index is 353. The molecule has 1 aromatic rings. The Labute approximate surface area is 124 Å². The molecule has 1 aromatic carbocycles. The highest BCUT2D eigenvalue weighted by Gasteiger charge is 2.14. The molecule has 0 N–H and O–H groups in total. The largest absolute Gasteiger partial charge is 0.334 e. The van der Waals surface area contributed by atoms with Crippen molar-refractivity contribution in [3.05, 3.63) is 35.4 Å². The molecule has 4 heteroatoms. The average molecular weight is 300 g/mol. The van der Waals surface area contributed by atoms with Crippen molar-refractivity contribution in [2.75, 3.05) is 19.4 Å². The average Bonchev–Trinajstić information content (AvgIpc) is 2.36. The van der Waals surface area contributed by atoms with E-state index in [1.54, 1.807) is 0 Å². The van der Waals surface area contributed by atoms with Crippen LogP contribution in [-0.4, -0.2) is 19.4 Å². The van der Waals surface area contributed by atoms with Gasteiger partial charge in [-0.15, -0.1) is 0 Å². The molecule has 0 bridgehead atoms. The Morgan fingerprint density at radius 2 is 1.58 bits per heavy atom. The minimum atomic E-state index is -0.730. The van der Waals surface area contributed by atoms with Gasteiger partial charge in [-0.2, -0.15) is 12.6 Å². The van der Waals surface area contributed by atoms with E-state index >= 15 is 0 Å². The molecule has 0 aliphatic carbocycles. The summed E-state index contributed by atoms with van der Waals surface area (Å²) in [6.07, 6.45) is 1.96. The van der Waals surface area contributed by atoms with Gasteiger partial charge in [0.05, 0.1) is 13.2 Å². The van der Waals surface area contributed by atoms with Crippen LogP contribution in [-0.2, 0) is 20.2 Å². The molecule has 2 nitrogen and oxygen atoms in total. The molecule has 0 aromatic heterocycles. The van der Waals surface area contributed by atoms with Gasteiger partial charge in [-0.25, -0.2) is 0 Å². The lowest BCUT2D eigenvalue weighted by atomic mass is 10.0. The quantitative estimate of drug-likeness (QED) is 0.550. The first kappa shape index (κ1) is 17.0. The molecule has 108 valence electrons. The van der Waals surface area contributed by atoms with E-state index in [2.05, 4.69) is 50.7 Å². The van der Waals surface area contributed by atoms with Gasteiger partial charge in [-0.1, -0.05) is 24.3 Å². The van der Waals surface area contributed by atoms with Crippen molar-refractivity contribution in [3.63, 3.8) is 0 Å². The number of aryl methyl sites for hydroxylation is 1. The Morgan fingerprint density at radius 3 is 2.00 bits per heavy atom. The minimum absolute atomic E-state index is 0.0816. The summed E-state index contributed by atoms with van der Waals surface area (Å²) >= 11 is 4.58. The van der Waals surface area contributed by atoms with Gasteiger partial charge in [0.2, 0.25) is 0 Å². The molecular weight excluding hydrogens is 275 g/mol. The Balaban J connectivity index is 2.53. The van der Waals surface area contributed by atoms with Gasteiger partial charge in [0, 0.05) is 10.9 Å². The first-order valence-electron chi connectivity index (χ1n) is 6.82. The first-order chi connectivity index (χ1) is 8.97. The van der Waals surface area contributed by atoms with Crippen LogP contribution < -0.4 is 0 Å². The van der Waals surface area contributed by atoms with E-state index in [9.17, 15) is 0 Å². The van der Waals surface area contributed by atoms with E-state index in [1.807, 2.05) is 13.8 Å². The van der Waals surface area contributed by atoms with E-state index in [-0.39, 0.29) is 4.75 Å². The zero-order valence-corrected chi connectivity index (χ0v) is 14.1. The van der Waals surface area contributed by atoms with Gasteiger partial charge in [0.1, 0.15) is 0 Å². The maximum absolute atomic E-state index is 5.61. The summed E-state index contributed by atoms with van der Waals surface area (Å²) in [5, 5.41) is 0. The van der Waals surface area contributed by atoms with Crippen LogP contribution in [0.2, 0.25) is 0 Å². The highest BCUT2D eigenvalue weighted by atomic mass is 32.1. The molecule has 0 atom stereocenters. The van der Waals surface area contributed by atoms with Crippen LogP contribution in [0.15, 0.2) is 24.3 Å². The lowest BCUT2D eigenvalue weighted by molar-refractivity contribution is 0.269. The Morgan fingerprint density at radius 1 is 1.05 bits per heavy atom. The highest BCUT2D eigenvalue weighted by molar-refractivity contribution is 7.81. The van der Waals surface area contributed by atoms with E-state index in [0.717, 1.165) is 25.8 Å². The maximum atomic E-state index is 5.61. The van der Waals surface area contributed by atoms with Gasteiger partial charge in [-0.3, -0.25) is 0 Å². The molecular formula is C15H25O2PS. The number of rotatable bonds is 8. The highest BCUT2D eigenvalue weighted by Crippen LogP contribution is 2.38. The monoisotopic (exact) mass is 300 g/mol. The second-order valence-corrected chi connectivity index (χ2v) is 7.64. The SMILES string of the molecule is CCOP(CCc1ccc(C(C)(C)S)cc1)OCC. The third-order valence-corrected chi connectivity index (χ3v) is 4.73. The molecule has 0 saturated carbocycles. The standard InChI is InChI=1S/C15H25O2PS/c1-5-16-18(17-6-2)12-11-13-7-9-14(10-8-13)15(3,4)19/h7-10,19H,5-6,11-12H2,1-4H3. The summed E-state index contributed by atoms with van der Waals surface area (Å²) in [4.78, 5) is 0. The predicted octanol–water partition coefficient (Wildman–Crippen LogP) is 4.78. The van der Waals surface area contributed by atoms with Gasteiger partial charge >= 0.3 is 0 Å². The van der Waals surface area contributed by atoms with Crippen molar-refractivity contribution in [1.82, 2.24) is 0 Å². The van der Waals surface area contributed by atoms with E-state index < -0.39 is 8.38 Å². The van der Waals surface area contributed by atoms with Crippen molar-refractivity contribution in [2.45, 2.75) is 38.9 Å². The molecule has 0 aliphatic rings. The van der Waals surface area contributed by atoms with Crippen LogP contribution in [0.5, 0.6) is 0 Å². The minimum Gasteiger partial charge on any atom is -0.334 e. The molecule has 0 aliphatic heterocycles. The van der Waals surface area contributed by atoms with Crippen LogP contribution in [0.25, 0.3) is 0 Å². The lowest BCUT2D eigenvalue weighted by Gasteiger charge is -2.19. The van der Waals surface area contributed by atoms with E-state index in [0.29, 0.717) is 0 Å². The summed E-state index contributed by atoms with van der Waals surface area (Å²) in [7, 11) is -0.730. The van der Waals surface area contributed by atoms with Crippen LogP contribution in [0.1, 0.15) is 38.8 Å². The molecule has 0 heterocycles. The summed E-state index contributed by atoms with van der Waals surface area (Å²) in [6.45, 7) is 9.68. The molecule has 0 amide bonds. The van der Waals surface area contributed by atoms with Gasteiger partial charge in [0.25, 0.3) is 0 Å². The molecule has 0 spiro atoms. The molecule has 0 saturated heterocycles. The Kier molecular flexibility index (Phi) is 7.38. The van der Waals surface area contributed by atoms with Crippen LogP contribution in [0.4, 0.5) is 0 Å². The normalized spacial score (nSPS) is 12.1. The first-order valence-corrected chi connectivity index (χ1v) is 8.63. The predicted molar refractivity (Wildman–Crippen MR) is 87.2 cm³/mol. The summed E-state index contributed by atoms with van der Waals surface area (Å²) < 4.78 is 11.1. The van der Waals surface area contributed by atoms with Crippen molar-refractivity contribution in [1.29, 1.82) is 0 Å². The number of hydrogen-bond donors (Lipinski definition) is 1. The fourth-order valence-corrected chi connectivity index (χ4v) is 3.25. The molecule has 0 radical (unpaired) electrons. The van der Waals surface area contributed by atoms with Gasteiger partial charge in [-0.05, 0) is 45.2 Å². The van der Waals surface area contributed by atoms with Crippen LogP contribution in [0, 0.1) is 0 Å². The molecule has 1 rings (SSSR count). The number of benzene rings is 1. The van der Waals surface area contributed by atoms with E-state index in [1.165, 1.54) is 11.1 Å². The van der Waals surface area contributed by atoms with Gasteiger partial charge < -0.3 is 9.05 Å². The third-order valence-electron chi connectivity index (χ3n) is 2.79. The smallest absolute Gasteiger partial charge is 0.170 e. The third kappa shape index (κ3) is 6.27. The molecule has 0 unspecified atom stereocenters. The maximum Gasteiger partial charge on any atom is 0.170 e. The zero-order valence-electron chi connectivity index (χ0n) is 12.3. The number of hydrogen-bond acceptors (Lipinski definition) is 3. The van der Waals surface area contributed by atoms with Gasteiger partial charge in [0.15, 0.2) is 8.38 Å². The second kappa shape index (κ2) is 8.26. The zero-order chi connectivity index (χ0) is 14.3. The summed E-state index contributed by atoms with van der Waals surface area (Å²) in [5.41, 5.74) is 2.57. The van der Waals surface area contributed by atoms with Crippen molar-refractivity contribution in [2.24, 2.45) is 0 Å². The fraction of sp³-hybridized carbons (Fsp3) is 0.600. The Hall–Kier alpha value is -0.0800. The van der Waals surface area contributed by atoms with Crippen LogP contribution >= 0.6 is 21.0 Å². The summed E-state index contributed by atoms with van der Waals surface area (Å²) in [6, 6.07) is 8.68. The fourth-order valence-electron chi connectivity index (χ4n) is 1.75.